The summed E-state index contributed by atoms with van der Waals surface area (Å²) in [6, 6.07) is 22.6. The highest BCUT2D eigenvalue weighted by Crippen LogP contribution is 2.37. The third kappa shape index (κ3) is 5.22. The van der Waals surface area contributed by atoms with E-state index < -0.39 is 12.6 Å². The molecule has 0 saturated carbocycles. The van der Waals surface area contributed by atoms with Crippen molar-refractivity contribution in [3.8, 4) is 45.5 Å². The summed E-state index contributed by atoms with van der Waals surface area (Å²) < 4.78 is 23.9. The van der Waals surface area contributed by atoms with E-state index in [-0.39, 0.29) is 0 Å². The predicted octanol–water partition coefficient (Wildman–Crippen LogP) is 4.75. The van der Waals surface area contributed by atoms with E-state index in [9.17, 15) is 4.79 Å². The minimum atomic E-state index is -1.07. The summed E-state index contributed by atoms with van der Waals surface area (Å²) in [5.41, 5.74) is 3.90. The average molecular weight is 475 g/mol. The zero-order valence-corrected chi connectivity index (χ0v) is 19.7. The van der Waals surface area contributed by atoms with E-state index in [2.05, 4.69) is 0 Å². The smallest absolute Gasteiger partial charge is 0.341 e. The number of carbonyl (C=O) groups is 1. The number of carboxylic acids is 1. The van der Waals surface area contributed by atoms with Crippen LogP contribution in [0.5, 0.6) is 23.0 Å². The monoisotopic (exact) mass is 474 g/mol. The van der Waals surface area contributed by atoms with Crippen molar-refractivity contribution >= 4 is 5.97 Å². The summed E-state index contributed by atoms with van der Waals surface area (Å²) in [6.07, 6.45) is 0. The Hall–Kier alpha value is -4.46. The lowest BCUT2D eigenvalue weighted by Gasteiger charge is -2.13. The van der Waals surface area contributed by atoms with Gasteiger partial charge in [-0.3, -0.25) is 4.68 Å². The molecule has 0 fully saturated rings. The van der Waals surface area contributed by atoms with Gasteiger partial charge >= 0.3 is 5.97 Å². The highest BCUT2D eigenvalue weighted by atomic mass is 16.5. The Bertz CT molecular complexity index is 1330. The van der Waals surface area contributed by atoms with Crippen LogP contribution in [0, 0.1) is 0 Å². The summed E-state index contributed by atoms with van der Waals surface area (Å²) in [5, 5.41) is 14.0. The Morgan fingerprint density at radius 1 is 0.829 bits per heavy atom. The molecule has 0 radical (unpaired) electrons. The minimum absolute atomic E-state index is 0.361. The number of carboxylic acid groups (broad SMARTS) is 1. The SMILES string of the molecule is COc1ccc(-c2cc(-c3ccccc3OC)n(Cc3ccccc3OC)n2)c(OCC(=O)O)c1. The molecule has 0 aliphatic carbocycles. The molecule has 0 bridgehead atoms. The van der Waals surface area contributed by atoms with Gasteiger partial charge in [0.1, 0.15) is 23.0 Å². The molecule has 35 heavy (non-hydrogen) atoms. The molecule has 0 saturated heterocycles. The van der Waals surface area contributed by atoms with Gasteiger partial charge in [0.25, 0.3) is 0 Å². The number of ether oxygens (including phenoxy) is 4. The van der Waals surface area contributed by atoms with Gasteiger partial charge in [-0.2, -0.15) is 5.10 Å². The van der Waals surface area contributed by atoms with E-state index in [1.54, 1.807) is 32.4 Å². The largest absolute Gasteiger partial charge is 0.497 e. The van der Waals surface area contributed by atoms with Gasteiger partial charge in [-0.05, 0) is 36.4 Å². The Morgan fingerprint density at radius 3 is 2.26 bits per heavy atom. The normalized spacial score (nSPS) is 10.6. The number of hydrogen-bond acceptors (Lipinski definition) is 6. The van der Waals surface area contributed by atoms with E-state index >= 15 is 0 Å². The van der Waals surface area contributed by atoms with Gasteiger partial charge in [-0.1, -0.05) is 30.3 Å². The third-order valence-electron chi connectivity index (χ3n) is 5.49. The zero-order chi connectivity index (χ0) is 24.8. The second-order valence-electron chi connectivity index (χ2n) is 7.63. The molecule has 180 valence electrons. The highest BCUT2D eigenvalue weighted by Gasteiger charge is 2.19. The molecule has 1 N–H and O–H groups in total. The first-order chi connectivity index (χ1) is 17.0. The number of para-hydroxylation sites is 2. The van der Waals surface area contributed by atoms with Gasteiger partial charge in [0, 0.05) is 22.8 Å². The Kier molecular flexibility index (Phi) is 7.21. The molecular formula is C27H26N2O6. The van der Waals surface area contributed by atoms with Crippen molar-refractivity contribution in [2.24, 2.45) is 0 Å². The first-order valence-corrected chi connectivity index (χ1v) is 10.9. The second-order valence-corrected chi connectivity index (χ2v) is 7.63. The predicted molar refractivity (Wildman–Crippen MR) is 131 cm³/mol. The molecular weight excluding hydrogens is 448 g/mol. The number of aliphatic carboxylic acids is 1. The zero-order valence-electron chi connectivity index (χ0n) is 19.7. The summed E-state index contributed by atoms with van der Waals surface area (Å²) in [4.78, 5) is 11.2. The van der Waals surface area contributed by atoms with E-state index in [0.717, 1.165) is 22.6 Å². The van der Waals surface area contributed by atoms with Crippen LogP contribution in [-0.4, -0.2) is 48.8 Å². The topological polar surface area (TPSA) is 92.0 Å². The molecule has 1 heterocycles. The van der Waals surface area contributed by atoms with E-state index in [4.69, 9.17) is 29.2 Å². The van der Waals surface area contributed by atoms with Crippen molar-refractivity contribution in [2.75, 3.05) is 27.9 Å². The van der Waals surface area contributed by atoms with Gasteiger partial charge in [0.15, 0.2) is 6.61 Å². The summed E-state index contributed by atoms with van der Waals surface area (Å²) in [6.45, 7) is -0.0413. The van der Waals surface area contributed by atoms with E-state index in [1.807, 2.05) is 59.3 Å². The molecule has 0 atom stereocenters. The lowest BCUT2D eigenvalue weighted by Crippen LogP contribution is -2.10. The number of rotatable bonds is 10. The Balaban J connectivity index is 1.86. The number of nitrogens with zero attached hydrogens (tertiary/aromatic N) is 2. The lowest BCUT2D eigenvalue weighted by atomic mass is 10.1. The second kappa shape index (κ2) is 10.6. The van der Waals surface area contributed by atoms with Crippen molar-refractivity contribution < 1.29 is 28.8 Å². The highest BCUT2D eigenvalue weighted by molar-refractivity contribution is 5.76. The molecule has 8 heteroatoms. The Morgan fingerprint density at radius 2 is 1.54 bits per heavy atom. The quantitative estimate of drug-likeness (QED) is 0.354. The summed E-state index contributed by atoms with van der Waals surface area (Å²) in [7, 11) is 4.80. The maximum Gasteiger partial charge on any atom is 0.341 e. The fraction of sp³-hybridized carbons (Fsp3) is 0.185. The molecule has 1 aromatic heterocycles. The first kappa shape index (κ1) is 23.7. The average Bonchev–Trinajstić information content (AvgIpc) is 3.30. The fourth-order valence-electron chi connectivity index (χ4n) is 3.84. The van der Waals surface area contributed by atoms with Crippen molar-refractivity contribution in [3.63, 3.8) is 0 Å². The molecule has 0 unspecified atom stereocenters. The standard InChI is InChI=1S/C27H26N2O6/c1-32-19-12-13-20(26(14-19)35-17-27(30)31)22-15-23(21-9-5-7-11-25(21)34-3)29(28-22)16-18-8-4-6-10-24(18)33-2/h4-15H,16-17H2,1-3H3,(H,30,31). The first-order valence-electron chi connectivity index (χ1n) is 10.9. The van der Waals surface area contributed by atoms with Gasteiger partial charge in [-0.25, -0.2) is 4.79 Å². The van der Waals surface area contributed by atoms with E-state index in [0.29, 0.717) is 35.1 Å². The summed E-state index contributed by atoms with van der Waals surface area (Å²) >= 11 is 0. The van der Waals surface area contributed by atoms with Crippen molar-refractivity contribution in [3.05, 3.63) is 78.4 Å². The van der Waals surface area contributed by atoms with Crippen LogP contribution < -0.4 is 18.9 Å². The van der Waals surface area contributed by atoms with Crippen LogP contribution in [0.1, 0.15) is 5.56 Å². The maximum absolute atomic E-state index is 11.2. The number of methoxy groups -OCH3 is 3. The van der Waals surface area contributed by atoms with Crippen LogP contribution in [-0.2, 0) is 11.3 Å². The molecule has 3 aromatic carbocycles. The number of aromatic nitrogens is 2. The molecule has 8 nitrogen and oxygen atoms in total. The molecule has 0 amide bonds. The van der Waals surface area contributed by atoms with Crippen LogP contribution in [0.2, 0.25) is 0 Å². The third-order valence-corrected chi connectivity index (χ3v) is 5.49. The summed E-state index contributed by atoms with van der Waals surface area (Å²) in [5.74, 6) is 1.30. The minimum Gasteiger partial charge on any atom is -0.497 e. The van der Waals surface area contributed by atoms with Crippen LogP contribution in [0.15, 0.2) is 72.8 Å². The van der Waals surface area contributed by atoms with Crippen LogP contribution in [0.25, 0.3) is 22.5 Å². The van der Waals surface area contributed by atoms with Crippen LogP contribution in [0.3, 0.4) is 0 Å². The van der Waals surface area contributed by atoms with Crippen molar-refractivity contribution in [2.45, 2.75) is 6.54 Å². The van der Waals surface area contributed by atoms with Crippen LogP contribution >= 0.6 is 0 Å². The molecule has 4 rings (SSSR count). The van der Waals surface area contributed by atoms with Crippen molar-refractivity contribution in [1.82, 2.24) is 9.78 Å². The number of hydrogen-bond donors (Lipinski definition) is 1. The molecule has 4 aromatic rings. The molecule has 0 aliphatic heterocycles. The van der Waals surface area contributed by atoms with Gasteiger partial charge in [-0.15, -0.1) is 0 Å². The van der Waals surface area contributed by atoms with Crippen molar-refractivity contribution in [1.29, 1.82) is 0 Å². The molecule has 0 spiro atoms. The van der Waals surface area contributed by atoms with E-state index in [1.165, 1.54) is 7.11 Å². The Labute approximate surface area is 203 Å². The van der Waals surface area contributed by atoms with Gasteiger partial charge in [0.05, 0.1) is 39.3 Å². The number of benzene rings is 3. The maximum atomic E-state index is 11.2. The van der Waals surface area contributed by atoms with Gasteiger partial charge < -0.3 is 24.1 Å². The van der Waals surface area contributed by atoms with Crippen LogP contribution in [0.4, 0.5) is 0 Å². The van der Waals surface area contributed by atoms with Gasteiger partial charge in [0.2, 0.25) is 0 Å². The fourth-order valence-corrected chi connectivity index (χ4v) is 3.84. The molecule has 0 aliphatic rings. The lowest BCUT2D eigenvalue weighted by molar-refractivity contribution is -0.139.